The number of rotatable bonds is 44. The van der Waals surface area contributed by atoms with E-state index in [1.165, 1.54) is 64.2 Å². The summed E-state index contributed by atoms with van der Waals surface area (Å²) in [5, 5.41) is 11.7. The summed E-state index contributed by atoms with van der Waals surface area (Å²) in [5.41, 5.74) is 0. The second-order valence-corrected chi connectivity index (χ2v) is 17.6. The van der Waals surface area contributed by atoms with Gasteiger partial charge in [-0.2, -0.15) is 0 Å². The fraction of sp³-hybridized carbons (Fsp3) is 0.691. The molecule has 8 heteroatoms. The van der Waals surface area contributed by atoms with Crippen LogP contribution >= 0.6 is 0 Å². The van der Waals surface area contributed by atoms with E-state index in [4.69, 9.17) is 14.2 Å². The predicted molar refractivity (Wildman–Crippen MR) is 263 cm³/mol. The molecule has 0 aliphatic carbocycles. The molecule has 360 valence electrons. The number of carboxylic acids is 1. The van der Waals surface area contributed by atoms with Crippen LogP contribution in [0.4, 0.5) is 0 Å². The van der Waals surface area contributed by atoms with Gasteiger partial charge in [-0.25, -0.2) is 0 Å². The first kappa shape index (κ1) is 59.5. The standard InChI is InChI=1S/C55H93NO7/c1-6-8-10-12-14-16-18-20-22-24-25-26-27-28-29-30-32-33-35-37-39-41-43-45-53(57)62-50-51(49-61-48-47-52(55(59)60)56(3,4)5)63-54(58)46-44-42-40-38-36-34-31-23-21-19-17-15-13-11-9-7-2/h8-11,14-17,20-23,25-26,51-52H,6-7,12-13,18-19,24,27-50H2,1-5H3/b10-8+,11-9+,16-14+,17-15+,22-20+,23-21+,26-25+. The van der Waals surface area contributed by atoms with Crippen LogP contribution in [-0.4, -0.2) is 75.5 Å². The van der Waals surface area contributed by atoms with Crippen molar-refractivity contribution in [2.75, 3.05) is 41.0 Å². The Morgan fingerprint density at radius 1 is 0.476 bits per heavy atom. The van der Waals surface area contributed by atoms with E-state index in [1.54, 1.807) is 21.1 Å². The fourth-order valence-electron chi connectivity index (χ4n) is 6.96. The number of esters is 2. The third-order valence-electron chi connectivity index (χ3n) is 10.8. The number of hydrogen-bond donors (Lipinski definition) is 0. The number of aliphatic carboxylic acids is 1. The quantitative estimate of drug-likeness (QED) is 0.0260. The molecule has 0 aliphatic heterocycles. The first-order valence-corrected chi connectivity index (χ1v) is 25.1. The molecule has 0 radical (unpaired) electrons. The maximum Gasteiger partial charge on any atom is 0.306 e. The number of unbranched alkanes of at least 4 members (excludes halogenated alkanes) is 16. The fourth-order valence-corrected chi connectivity index (χ4v) is 6.96. The number of ether oxygens (including phenoxy) is 3. The van der Waals surface area contributed by atoms with E-state index < -0.39 is 18.1 Å². The van der Waals surface area contributed by atoms with Gasteiger partial charge in [-0.15, -0.1) is 0 Å². The summed E-state index contributed by atoms with van der Waals surface area (Å²) in [7, 11) is 5.40. The molecule has 0 saturated heterocycles. The second-order valence-electron chi connectivity index (χ2n) is 17.6. The van der Waals surface area contributed by atoms with Crippen LogP contribution in [0.2, 0.25) is 0 Å². The molecule has 0 bridgehead atoms. The molecule has 0 N–H and O–H groups in total. The minimum atomic E-state index is -1.13. The molecule has 0 saturated carbocycles. The van der Waals surface area contributed by atoms with E-state index in [9.17, 15) is 19.5 Å². The topological polar surface area (TPSA) is 102 Å². The van der Waals surface area contributed by atoms with Gasteiger partial charge in [0.25, 0.3) is 0 Å². The van der Waals surface area contributed by atoms with Crippen molar-refractivity contribution >= 4 is 17.9 Å². The van der Waals surface area contributed by atoms with Gasteiger partial charge in [0.15, 0.2) is 6.10 Å². The normalized spacial score (nSPS) is 13.6. The van der Waals surface area contributed by atoms with Crippen molar-refractivity contribution in [3.8, 4) is 0 Å². The molecule has 0 aromatic carbocycles. The van der Waals surface area contributed by atoms with Crippen LogP contribution in [0.1, 0.15) is 194 Å². The van der Waals surface area contributed by atoms with Crippen molar-refractivity contribution in [2.45, 2.75) is 206 Å². The van der Waals surface area contributed by atoms with E-state index in [1.807, 2.05) is 0 Å². The molecule has 0 heterocycles. The summed E-state index contributed by atoms with van der Waals surface area (Å²) in [6, 6.07) is -0.733. The van der Waals surface area contributed by atoms with Gasteiger partial charge in [-0.1, -0.05) is 176 Å². The van der Waals surface area contributed by atoms with E-state index in [0.717, 1.165) is 96.3 Å². The van der Waals surface area contributed by atoms with Crippen molar-refractivity contribution in [3.05, 3.63) is 85.1 Å². The highest BCUT2D eigenvalue weighted by Gasteiger charge is 2.25. The summed E-state index contributed by atoms with van der Waals surface area (Å²) in [6.07, 6.45) is 59.0. The Kier molecular flexibility index (Phi) is 42.6. The molecule has 0 aliphatic rings. The summed E-state index contributed by atoms with van der Waals surface area (Å²) >= 11 is 0. The summed E-state index contributed by atoms with van der Waals surface area (Å²) < 4.78 is 17.2. The molecule has 0 spiro atoms. The van der Waals surface area contributed by atoms with Crippen molar-refractivity contribution in [1.82, 2.24) is 0 Å². The predicted octanol–water partition coefficient (Wildman–Crippen LogP) is 13.1. The highest BCUT2D eigenvalue weighted by molar-refractivity contribution is 5.70. The number of carbonyl (C=O) groups is 3. The van der Waals surface area contributed by atoms with Crippen molar-refractivity contribution in [2.24, 2.45) is 0 Å². The van der Waals surface area contributed by atoms with E-state index in [0.29, 0.717) is 12.8 Å². The van der Waals surface area contributed by atoms with Crippen LogP contribution in [-0.2, 0) is 28.6 Å². The molecule has 2 unspecified atom stereocenters. The van der Waals surface area contributed by atoms with Crippen LogP contribution in [0.5, 0.6) is 0 Å². The number of quaternary nitrogens is 1. The molecule has 0 rings (SSSR count). The molecule has 63 heavy (non-hydrogen) atoms. The van der Waals surface area contributed by atoms with Gasteiger partial charge >= 0.3 is 11.9 Å². The lowest BCUT2D eigenvalue weighted by Crippen LogP contribution is -2.55. The van der Waals surface area contributed by atoms with Crippen LogP contribution in [0, 0.1) is 0 Å². The van der Waals surface area contributed by atoms with Crippen molar-refractivity contribution < 1.29 is 38.2 Å². The third-order valence-corrected chi connectivity index (χ3v) is 10.8. The molecule has 0 amide bonds. The first-order chi connectivity index (χ1) is 30.6. The minimum Gasteiger partial charge on any atom is -0.544 e. The van der Waals surface area contributed by atoms with Crippen molar-refractivity contribution in [1.29, 1.82) is 0 Å². The number of allylic oxidation sites excluding steroid dienone is 14. The monoisotopic (exact) mass is 880 g/mol. The summed E-state index contributed by atoms with van der Waals surface area (Å²) in [5.74, 6) is -1.76. The molecule has 0 aromatic heterocycles. The zero-order valence-electron chi connectivity index (χ0n) is 41.0. The number of hydrogen-bond acceptors (Lipinski definition) is 7. The van der Waals surface area contributed by atoms with Crippen LogP contribution < -0.4 is 5.11 Å². The van der Waals surface area contributed by atoms with Gasteiger partial charge in [-0.05, 0) is 83.5 Å². The van der Waals surface area contributed by atoms with Gasteiger partial charge in [0, 0.05) is 19.3 Å². The minimum absolute atomic E-state index is 0.0300. The number of carboxylic acid groups (broad SMARTS) is 1. The van der Waals surface area contributed by atoms with Gasteiger partial charge < -0.3 is 28.6 Å². The molecular weight excluding hydrogens is 787 g/mol. The Morgan fingerprint density at radius 3 is 1.24 bits per heavy atom. The first-order valence-electron chi connectivity index (χ1n) is 25.1. The van der Waals surface area contributed by atoms with Crippen LogP contribution in [0.25, 0.3) is 0 Å². The van der Waals surface area contributed by atoms with Gasteiger partial charge in [0.1, 0.15) is 12.6 Å². The maximum atomic E-state index is 12.8. The number of nitrogens with zero attached hydrogens (tertiary/aromatic N) is 1. The third kappa shape index (κ3) is 43.5. The van der Waals surface area contributed by atoms with Gasteiger partial charge in [-0.3, -0.25) is 9.59 Å². The SMILES string of the molecule is CC/C=C/C/C=C/C/C=C/C/C=C/CCCCCCCCCCCCC(=O)OCC(COCCC(C(=O)[O-])[N+](C)(C)C)OC(=O)CCCCCCCC/C=C/C/C=C/C/C=C/CC. The Morgan fingerprint density at radius 2 is 0.841 bits per heavy atom. The van der Waals surface area contributed by atoms with Crippen LogP contribution in [0.15, 0.2) is 85.1 Å². The molecule has 2 atom stereocenters. The highest BCUT2D eigenvalue weighted by atomic mass is 16.6. The smallest absolute Gasteiger partial charge is 0.306 e. The summed E-state index contributed by atoms with van der Waals surface area (Å²) in [6.45, 7) is 4.42. The van der Waals surface area contributed by atoms with Crippen LogP contribution in [0.3, 0.4) is 0 Å². The van der Waals surface area contributed by atoms with E-state index >= 15 is 0 Å². The Labute approximate surface area is 386 Å². The van der Waals surface area contributed by atoms with Crippen molar-refractivity contribution in [3.63, 3.8) is 0 Å². The average molecular weight is 880 g/mol. The lowest BCUT2D eigenvalue weighted by Gasteiger charge is -2.34. The zero-order valence-corrected chi connectivity index (χ0v) is 41.0. The van der Waals surface area contributed by atoms with E-state index in [2.05, 4.69) is 98.9 Å². The zero-order chi connectivity index (χ0) is 46.3. The second kappa shape index (κ2) is 45.1. The Bertz CT molecular complexity index is 1300. The summed E-state index contributed by atoms with van der Waals surface area (Å²) in [4.78, 5) is 37.0. The Hall–Kier alpha value is -3.49. The Balaban J connectivity index is 4.26. The lowest BCUT2D eigenvalue weighted by molar-refractivity contribution is -0.889. The largest absolute Gasteiger partial charge is 0.544 e. The molecule has 8 nitrogen and oxygen atoms in total. The van der Waals surface area contributed by atoms with Gasteiger partial charge in [0.2, 0.25) is 0 Å². The average Bonchev–Trinajstić information content (AvgIpc) is 3.24. The molecule has 0 fully saturated rings. The lowest BCUT2D eigenvalue weighted by atomic mass is 10.1. The number of carbonyl (C=O) groups excluding carboxylic acids is 3. The molecular formula is C55H93NO7. The molecule has 0 aromatic rings. The maximum absolute atomic E-state index is 12.8. The van der Waals surface area contributed by atoms with E-state index in [-0.39, 0.29) is 42.7 Å². The van der Waals surface area contributed by atoms with Gasteiger partial charge in [0.05, 0.1) is 40.3 Å². The number of likely N-dealkylation sites (N-methyl/N-ethyl adjacent to an activating group) is 1. The highest BCUT2D eigenvalue weighted by Crippen LogP contribution is 2.14.